The van der Waals surface area contributed by atoms with E-state index in [4.69, 9.17) is 18.6 Å². The van der Waals surface area contributed by atoms with E-state index < -0.39 is 8.07 Å². The van der Waals surface area contributed by atoms with Crippen LogP contribution in [-0.4, -0.2) is 34.9 Å². The monoisotopic (exact) mass is 402 g/mol. The Morgan fingerprint density at radius 3 is 2.39 bits per heavy atom. The van der Waals surface area contributed by atoms with E-state index in [1.54, 1.807) is 13.2 Å². The van der Waals surface area contributed by atoms with Gasteiger partial charge in [-0.05, 0) is 36.8 Å². The summed E-state index contributed by atoms with van der Waals surface area (Å²) in [4.78, 5) is 12.1. The Bertz CT molecular complexity index is 812. The van der Waals surface area contributed by atoms with Crippen molar-refractivity contribution >= 4 is 20.1 Å². The lowest BCUT2D eigenvalue weighted by molar-refractivity contribution is 0.0596. The lowest BCUT2D eigenvalue weighted by atomic mass is 10.2. The maximum atomic E-state index is 12.1. The normalized spacial score (nSPS) is 12.1. The molecule has 2 aromatic rings. The van der Waals surface area contributed by atoms with Gasteiger partial charge in [0, 0.05) is 6.42 Å². The quantitative estimate of drug-likeness (QED) is 0.331. The number of benzene rings is 1. The number of hydrogen-bond donors (Lipinski definition) is 0. The van der Waals surface area contributed by atoms with E-state index >= 15 is 0 Å². The zero-order chi connectivity index (χ0) is 20.7. The minimum atomic E-state index is -1.41. The topological polar surface area (TPSA) is 57.9 Å². The minimum Gasteiger partial charge on any atom is -0.497 e. The number of rotatable bonds is 9. The fourth-order valence-electron chi connectivity index (χ4n) is 2.50. The number of allylic oxidation sites excluding steroid dienone is 1. The Balaban J connectivity index is 2.03. The summed E-state index contributed by atoms with van der Waals surface area (Å²) in [5, 5.41) is 1.31. The summed E-state index contributed by atoms with van der Waals surface area (Å²) in [5.74, 6) is 1.71. The van der Waals surface area contributed by atoms with E-state index in [0.717, 1.165) is 11.3 Å². The van der Waals surface area contributed by atoms with Crippen molar-refractivity contribution in [1.29, 1.82) is 0 Å². The van der Waals surface area contributed by atoms with Gasteiger partial charge in [-0.2, -0.15) is 0 Å². The van der Waals surface area contributed by atoms with Crippen LogP contribution in [-0.2, 0) is 22.5 Å². The van der Waals surface area contributed by atoms with E-state index in [1.807, 2.05) is 30.3 Å². The molecule has 0 spiro atoms. The number of carbonyl (C=O) groups excluding carboxylic acids is 1. The molecule has 0 saturated heterocycles. The van der Waals surface area contributed by atoms with Gasteiger partial charge in [-0.25, -0.2) is 4.79 Å². The van der Waals surface area contributed by atoms with Crippen LogP contribution < -0.4 is 4.74 Å². The van der Waals surface area contributed by atoms with Gasteiger partial charge in [0.1, 0.15) is 22.8 Å². The van der Waals surface area contributed by atoms with Gasteiger partial charge in [-0.15, -0.1) is 0 Å². The molecule has 0 aliphatic heterocycles. The van der Waals surface area contributed by atoms with Crippen molar-refractivity contribution < 1.29 is 23.4 Å². The highest BCUT2D eigenvalue weighted by Crippen LogP contribution is 2.23. The van der Waals surface area contributed by atoms with Crippen LogP contribution >= 0.6 is 0 Å². The highest BCUT2D eigenvalue weighted by atomic mass is 28.3. The van der Waals surface area contributed by atoms with Crippen molar-refractivity contribution in [2.45, 2.75) is 39.6 Å². The largest absolute Gasteiger partial charge is 0.497 e. The van der Waals surface area contributed by atoms with E-state index in [-0.39, 0.29) is 5.97 Å². The third kappa shape index (κ3) is 6.11. The summed E-state index contributed by atoms with van der Waals surface area (Å²) in [6.07, 6.45) is 2.53. The highest BCUT2D eigenvalue weighted by molar-refractivity contribution is 6.83. The first-order valence-corrected chi connectivity index (χ1v) is 12.8. The van der Waals surface area contributed by atoms with Crippen molar-refractivity contribution in [3.63, 3.8) is 0 Å². The fourth-order valence-corrected chi connectivity index (χ4v) is 3.07. The molecular formula is C22H30O5Si. The van der Waals surface area contributed by atoms with Crippen LogP contribution in [0.4, 0.5) is 0 Å². The average molecular weight is 403 g/mol. The Morgan fingerprint density at radius 1 is 1.14 bits per heavy atom. The second-order valence-electron chi connectivity index (χ2n) is 7.71. The molecule has 0 bridgehead atoms. The lowest BCUT2D eigenvalue weighted by Crippen LogP contribution is -2.21. The van der Waals surface area contributed by atoms with Gasteiger partial charge in [0.15, 0.2) is 0 Å². The number of esters is 1. The predicted molar refractivity (Wildman–Crippen MR) is 113 cm³/mol. The standard InChI is InChI=1S/C22H30O5Si/c1-16(28(4,5)6)13-19-14-20(22(23)25-3)21(27-19)11-12-26-15-17-7-9-18(24-2)10-8-17/h7-10,13-14H,11-12,15H2,1-6H3/b16-13+. The van der Waals surface area contributed by atoms with E-state index in [9.17, 15) is 4.79 Å². The molecular weight excluding hydrogens is 372 g/mol. The summed E-state index contributed by atoms with van der Waals surface area (Å²) in [6, 6.07) is 9.50. The fraction of sp³-hybridized carbons (Fsp3) is 0.409. The van der Waals surface area contributed by atoms with E-state index in [0.29, 0.717) is 36.7 Å². The van der Waals surface area contributed by atoms with Crippen LogP contribution in [0.15, 0.2) is 39.9 Å². The Morgan fingerprint density at radius 2 is 1.82 bits per heavy atom. The van der Waals surface area contributed by atoms with Gasteiger partial charge < -0.3 is 18.6 Å². The second-order valence-corrected chi connectivity index (χ2v) is 13.0. The molecule has 0 fully saturated rings. The Labute approximate surface area is 168 Å². The van der Waals surface area contributed by atoms with Crippen molar-refractivity contribution in [2.75, 3.05) is 20.8 Å². The molecule has 0 radical (unpaired) electrons. The van der Waals surface area contributed by atoms with Crippen LogP contribution in [0.1, 0.15) is 34.4 Å². The highest BCUT2D eigenvalue weighted by Gasteiger charge is 2.20. The third-order valence-corrected chi connectivity index (χ3v) is 7.19. The van der Waals surface area contributed by atoms with Gasteiger partial charge in [-0.3, -0.25) is 0 Å². The molecule has 28 heavy (non-hydrogen) atoms. The van der Waals surface area contributed by atoms with Crippen LogP contribution in [0, 0.1) is 0 Å². The maximum absolute atomic E-state index is 12.1. The zero-order valence-corrected chi connectivity index (χ0v) is 18.6. The molecule has 5 nitrogen and oxygen atoms in total. The first-order valence-electron chi connectivity index (χ1n) is 9.35. The summed E-state index contributed by atoms with van der Waals surface area (Å²) in [6.45, 7) is 9.87. The predicted octanol–water partition coefficient (Wildman–Crippen LogP) is 5.11. The summed E-state index contributed by atoms with van der Waals surface area (Å²) < 4.78 is 21.7. The molecule has 6 heteroatoms. The molecule has 0 amide bonds. The molecule has 0 N–H and O–H groups in total. The van der Waals surface area contributed by atoms with Crippen molar-refractivity contribution in [3.05, 3.63) is 58.2 Å². The summed E-state index contributed by atoms with van der Waals surface area (Å²) in [5.41, 5.74) is 1.52. The lowest BCUT2D eigenvalue weighted by Gasteiger charge is -2.16. The molecule has 1 aromatic heterocycles. The van der Waals surface area contributed by atoms with Gasteiger partial charge in [0.05, 0.1) is 35.5 Å². The number of furan rings is 1. The smallest absolute Gasteiger partial charge is 0.341 e. The van der Waals surface area contributed by atoms with E-state index in [2.05, 4.69) is 26.6 Å². The number of hydrogen-bond acceptors (Lipinski definition) is 5. The number of ether oxygens (including phenoxy) is 3. The van der Waals surface area contributed by atoms with Gasteiger partial charge in [0.25, 0.3) is 0 Å². The van der Waals surface area contributed by atoms with Crippen molar-refractivity contribution in [2.24, 2.45) is 0 Å². The first kappa shape index (κ1) is 22.0. The first-order chi connectivity index (χ1) is 13.2. The third-order valence-electron chi connectivity index (χ3n) is 4.68. The molecule has 0 saturated carbocycles. The molecule has 152 valence electrons. The Hall–Kier alpha value is -2.31. The van der Waals surface area contributed by atoms with Crippen LogP contribution in [0.2, 0.25) is 19.6 Å². The maximum Gasteiger partial charge on any atom is 0.341 e. The zero-order valence-electron chi connectivity index (χ0n) is 17.6. The van der Waals surface area contributed by atoms with Crippen LogP contribution in [0.5, 0.6) is 5.75 Å². The van der Waals surface area contributed by atoms with Crippen molar-refractivity contribution in [1.82, 2.24) is 0 Å². The molecule has 1 aromatic carbocycles. The van der Waals surface area contributed by atoms with Gasteiger partial charge >= 0.3 is 5.97 Å². The molecule has 0 unspecified atom stereocenters. The SMILES string of the molecule is COC(=O)c1cc(/C=C(\C)[Si](C)(C)C)oc1CCOCc1ccc(OC)cc1. The molecule has 0 aliphatic rings. The molecule has 1 heterocycles. The Kier molecular flexibility index (Phi) is 7.66. The average Bonchev–Trinajstić information content (AvgIpc) is 3.07. The van der Waals surface area contributed by atoms with Gasteiger partial charge in [0.2, 0.25) is 0 Å². The van der Waals surface area contributed by atoms with Crippen LogP contribution in [0.3, 0.4) is 0 Å². The molecule has 0 atom stereocenters. The van der Waals surface area contributed by atoms with Gasteiger partial charge in [-0.1, -0.05) is 37.0 Å². The van der Waals surface area contributed by atoms with Crippen LogP contribution in [0.25, 0.3) is 6.08 Å². The molecule has 0 aliphatic carbocycles. The summed E-state index contributed by atoms with van der Waals surface area (Å²) in [7, 11) is 1.61. The number of carbonyl (C=O) groups is 1. The summed E-state index contributed by atoms with van der Waals surface area (Å²) >= 11 is 0. The minimum absolute atomic E-state index is 0.390. The molecule has 2 rings (SSSR count). The number of methoxy groups -OCH3 is 2. The van der Waals surface area contributed by atoms with Crippen molar-refractivity contribution in [3.8, 4) is 5.75 Å². The van der Waals surface area contributed by atoms with E-state index in [1.165, 1.54) is 12.3 Å². The second kappa shape index (κ2) is 9.75.